The number of nitrogens with zero attached hydrogens (tertiary/aromatic N) is 2. The van der Waals surface area contributed by atoms with Crippen LogP contribution in [0.4, 0.5) is 0 Å². The van der Waals surface area contributed by atoms with Crippen molar-refractivity contribution in [2.75, 3.05) is 19.9 Å². The van der Waals surface area contributed by atoms with Crippen molar-refractivity contribution in [1.82, 2.24) is 10.1 Å². The minimum absolute atomic E-state index is 0.0223. The van der Waals surface area contributed by atoms with Gasteiger partial charge in [-0.05, 0) is 36.6 Å². The van der Waals surface area contributed by atoms with Crippen molar-refractivity contribution in [3.8, 4) is 22.8 Å². The molecule has 0 unspecified atom stereocenters. The molecule has 1 fully saturated rings. The molecule has 0 atom stereocenters. The summed E-state index contributed by atoms with van der Waals surface area (Å²) in [6.07, 6.45) is 1.44. The largest absolute Gasteiger partial charge is 0.454 e. The number of rotatable bonds is 7. The van der Waals surface area contributed by atoms with E-state index in [9.17, 15) is 9.90 Å². The van der Waals surface area contributed by atoms with Crippen molar-refractivity contribution < 1.29 is 23.9 Å². The van der Waals surface area contributed by atoms with Gasteiger partial charge in [-0.15, -0.1) is 0 Å². The molecule has 7 nitrogen and oxygen atoms in total. The van der Waals surface area contributed by atoms with Gasteiger partial charge >= 0.3 is 0 Å². The van der Waals surface area contributed by atoms with Crippen LogP contribution in [-0.4, -0.2) is 41.0 Å². The molecule has 5 rings (SSSR count). The first-order chi connectivity index (χ1) is 14.7. The number of carbonyl (C=O) groups is 1. The zero-order valence-corrected chi connectivity index (χ0v) is 16.4. The smallest absolute Gasteiger partial charge is 0.235 e. The van der Waals surface area contributed by atoms with Gasteiger partial charge in [-0.25, -0.2) is 0 Å². The maximum atomic E-state index is 13.4. The summed E-state index contributed by atoms with van der Waals surface area (Å²) in [5.41, 5.74) is 1.80. The van der Waals surface area contributed by atoms with Crippen molar-refractivity contribution in [2.24, 2.45) is 0 Å². The van der Waals surface area contributed by atoms with E-state index in [2.05, 4.69) is 5.16 Å². The summed E-state index contributed by atoms with van der Waals surface area (Å²) in [6.45, 7) is 0.854. The fourth-order valence-electron chi connectivity index (χ4n) is 3.87. The van der Waals surface area contributed by atoms with Gasteiger partial charge in [-0.3, -0.25) is 4.79 Å². The van der Waals surface area contributed by atoms with Gasteiger partial charge in [-0.1, -0.05) is 35.5 Å². The lowest BCUT2D eigenvalue weighted by molar-refractivity contribution is -0.135. The first-order valence-corrected chi connectivity index (χ1v) is 10.0. The van der Waals surface area contributed by atoms with E-state index in [-0.39, 0.29) is 25.9 Å². The molecule has 0 bridgehead atoms. The molecule has 1 amide bonds. The lowest BCUT2D eigenvalue weighted by Crippen LogP contribution is -2.40. The normalized spacial score (nSPS) is 15.8. The van der Waals surface area contributed by atoms with E-state index in [1.807, 2.05) is 54.6 Å². The highest BCUT2D eigenvalue weighted by atomic mass is 16.7. The summed E-state index contributed by atoms with van der Waals surface area (Å²) < 4.78 is 16.4. The quantitative estimate of drug-likeness (QED) is 0.649. The first kappa shape index (κ1) is 18.7. The number of hydrogen-bond donors (Lipinski definition) is 1. The summed E-state index contributed by atoms with van der Waals surface area (Å²) in [5.74, 6) is 1.93. The Balaban J connectivity index is 1.39. The molecule has 154 valence electrons. The summed E-state index contributed by atoms with van der Waals surface area (Å²) in [4.78, 5) is 15.1. The number of benzene rings is 2. The van der Waals surface area contributed by atoms with Crippen molar-refractivity contribution in [1.29, 1.82) is 0 Å². The number of ether oxygens (including phenoxy) is 2. The topological polar surface area (TPSA) is 85.0 Å². The SMILES string of the molecule is O=C(N(CCO)Cc1ccccc1)C1(c2cc(-c3ccc4c(c3)OCO4)on2)CC1. The Morgan fingerprint density at radius 2 is 1.87 bits per heavy atom. The fraction of sp³-hybridized carbons (Fsp3) is 0.304. The third-order valence-corrected chi connectivity index (χ3v) is 5.69. The van der Waals surface area contributed by atoms with E-state index in [1.54, 1.807) is 4.90 Å². The standard InChI is InChI=1S/C23H22N2O5/c26-11-10-25(14-16-4-2-1-3-5-16)22(27)23(8-9-23)21-13-19(30-24-21)17-6-7-18-20(12-17)29-15-28-18/h1-7,12-13,26H,8-11,14-15H2. The van der Waals surface area contributed by atoms with E-state index >= 15 is 0 Å². The van der Waals surface area contributed by atoms with Gasteiger partial charge in [0.25, 0.3) is 0 Å². The van der Waals surface area contributed by atoms with Crippen molar-refractivity contribution in [2.45, 2.75) is 24.8 Å². The predicted octanol–water partition coefficient (Wildman–Crippen LogP) is 3.12. The highest BCUT2D eigenvalue weighted by Gasteiger charge is 2.55. The van der Waals surface area contributed by atoms with Crippen LogP contribution in [0.1, 0.15) is 24.1 Å². The van der Waals surface area contributed by atoms with Crippen LogP contribution in [0.5, 0.6) is 11.5 Å². The number of fused-ring (bicyclic) bond motifs is 1. The maximum Gasteiger partial charge on any atom is 0.235 e. The summed E-state index contributed by atoms with van der Waals surface area (Å²) in [5, 5.41) is 13.7. The lowest BCUT2D eigenvalue weighted by atomic mass is 9.99. The molecule has 3 aromatic rings. The van der Waals surface area contributed by atoms with Gasteiger partial charge < -0.3 is 24.0 Å². The van der Waals surface area contributed by atoms with Crippen LogP contribution in [-0.2, 0) is 16.8 Å². The van der Waals surface area contributed by atoms with Crippen LogP contribution in [0.15, 0.2) is 59.1 Å². The monoisotopic (exact) mass is 406 g/mol. The van der Waals surface area contributed by atoms with Gasteiger partial charge in [0.2, 0.25) is 12.7 Å². The molecule has 1 aliphatic carbocycles. The molecule has 1 aliphatic heterocycles. The molecule has 0 radical (unpaired) electrons. The second kappa shape index (κ2) is 7.50. The Bertz CT molecular complexity index is 1060. The summed E-state index contributed by atoms with van der Waals surface area (Å²) in [7, 11) is 0. The predicted molar refractivity (Wildman–Crippen MR) is 108 cm³/mol. The number of aliphatic hydroxyl groups excluding tert-OH is 1. The second-order valence-electron chi connectivity index (χ2n) is 7.66. The fourth-order valence-corrected chi connectivity index (χ4v) is 3.87. The Morgan fingerprint density at radius 3 is 2.63 bits per heavy atom. The number of hydrogen-bond acceptors (Lipinski definition) is 6. The third-order valence-electron chi connectivity index (χ3n) is 5.69. The molecular weight excluding hydrogens is 384 g/mol. The maximum absolute atomic E-state index is 13.4. The van der Waals surface area contributed by atoms with Crippen molar-refractivity contribution >= 4 is 5.91 Å². The van der Waals surface area contributed by atoms with Gasteiger partial charge in [0.05, 0.1) is 17.7 Å². The molecular formula is C23H22N2O5. The first-order valence-electron chi connectivity index (χ1n) is 10.0. The van der Waals surface area contributed by atoms with Crippen LogP contribution in [0.2, 0.25) is 0 Å². The molecule has 30 heavy (non-hydrogen) atoms. The van der Waals surface area contributed by atoms with Gasteiger partial charge in [0, 0.05) is 24.7 Å². The molecule has 2 aromatic carbocycles. The minimum atomic E-state index is -0.679. The van der Waals surface area contributed by atoms with E-state index in [0.717, 1.165) is 24.0 Å². The number of aromatic nitrogens is 1. The highest BCUT2D eigenvalue weighted by Crippen LogP contribution is 2.50. The zero-order chi connectivity index (χ0) is 20.6. The average molecular weight is 406 g/mol. The Morgan fingerprint density at radius 1 is 1.07 bits per heavy atom. The van der Waals surface area contributed by atoms with Crippen molar-refractivity contribution in [3.63, 3.8) is 0 Å². The molecule has 2 aliphatic rings. The third kappa shape index (κ3) is 3.31. The number of aliphatic hydroxyl groups is 1. The molecule has 1 aromatic heterocycles. The van der Waals surface area contributed by atoms with Gasteiger partial charge in [0.15, 0.2) is 17.3 Å². The number of amides is 1. The minimum Gasteiger partial charge on any atom is -0.454 e. The zero-order valence-electron chi connectivity index (χ0n) is 16.4. The van der Waals surface area contributed by atoms with E-state index < -0.39 is 5.41 Å². The Hall–Kier alpha value is -3.32. The van der Waals surface area contributed by atoms with E-state index in [0.29, 0.717) is 29.5 Å². The van der Waals surface area contributed by atoms with Gasteiger partial charge in [0.1, 0.15) is 0 Å². The molecule has 2 heterocycles. The van der Waals surface area contributed by atoms with E-state index in [1.165, 1.54) is 0 Å². The lowest BCUT2D eigenvalue weighted by Gasteiger charge is -2.26. The molecule has 0 spiro atoms. The van der Waals surface area contributed by atoms with Crippen molar-refractivity contribution in [3.05, 3.63) is 65.9 Å². The summed E-state index contributed by atoms with van der Waals surface area (Å²) >= 11 is 0. The van der Waals surface area contributed by atoms with E-state index in [4.69, 9.17) is 14.0 Å². The summed E-state index contributed by atoms with van der Waals surface area (Å²) in [6, 6.07) is 17.2. The Labute approximate surface area is 173 Å². The Kier molecular flexibility index (Phi) is 4.67. The number of carbonyl (C=O) groups excluding carboxylic acids is 1. The van der Waals surface area contributed by atoms with Crippen LogP contribution < -0.4 is 9.47 Å². The van der Waals surface area contributed by atoms with Gasteiger partial charge in [-0.2, -0.15) is 0 Å². The average Bonchev–Trinajstić information content (AvgIpc) is 3.21. The molecule has 1 N–H and O–H groups in total. The molecule has 0 saturated heterocycles. The van der Waals surface area contributed by atoms with Crippen LogP contribution >= 0.6 is 0 Å². The van der Waals surface area contributed by atoms with Crippen LogP contribution in [0.25, 0.3) is 11.3 Å². The molecule has 7 heteroatoms. The molecule has 1 saturated carbocycles. The highest BCUT2D eigenvalue weighted by molar-refractivity contribution is 5.91. The van der Waals surface area contributed by atoms with Crippen LogP contribution in [0, 0.1) is 0 Å². The second-order valence-corrected chi connectivity index (χ2v) is 7.66. The van der Waals surface area contributed by atoms with Crippen LogP contribution in [0.3, 0.4) is 0 Å².